The molecule has 0 saturated heterocycles. The van der Waals surface area contributed by atoms with Gasteiger partial charge in [0.25, 0.3) is 0 Å². The molecule has 0 heterocycles. The Balaban J connectivity index is 3.54. The monoisotopic (exact) mass is 560 g/mol. The molecule has 1 aromatic rings. The predicted octanol–water partition coefficient (Wildman–Crippen LogP) is 8.17. The first-order chi connectivity index (χ1) is 15.7. The Hall–Kier alpha value is -1.87. The van der Waals surface area contributed by atoms with E-state index in [1.54, 1.807) is 13.8 Å². The van der Waals surface area contributed by atoms with Crippen molar-refractivity contribution in [3.05, 3.63) is 35.4 Å². The number of alkyl halides is 15. The normalized spacial score (nSPS) is 17.6. The average molecular weight is 560 g/mol. The van der Waals surface area contributed by atoms with Crippen LogP contribution in [0.2, 0.25) is 0 Å². The molecule has 1 rings (SSSR count). The van der Waals surface area contributed by atoms with Crippen molar-refractivity contribution >= 4 is 0 Å². The van der Waals surface area contributed by atoms with Crippen LogP contribution in [0, 0.1) is 0 Å². The number of hydrogen-bond donors (Lipinski definition) is 1. The van der Waals surface area contributed by atoms with E-state index < -0.39 is 59.3 Å². The maximum absolute atomic E-state index is 14.3. The van der Waals surface area contributed by atoms with Crippen molar-refractivity contribution in [1.82, 2.24) is 0 Å². The average Bonchev–Trinajstić information content (AvgIpc) is 2.70. The molecule has 2 unspecified atom stereocenters. The Kier molecular flexibility index (Phi) is 8.18. The molecule has 0 amide bonds. The van der Waals surface area contributed by atoms with E-state index in [2.05, 4.69) is 0 Å². The summed E-state index contributed by atoms with van der Waals surface area (Å²) < 4.78 is 200. The van der Waals surface area contributed by atoms with Gasteiger partial charge in [0.05, 0.1) is 12.0 Å². The molecule has 2 atom stereocenters. The largest absolute Gasteiger partial charge is 0.460 e. The Morgan fingerprint density at radius 2 is 1.11 bits per heavy atom. The number of hydrogen-bond acceptors (Lipinski definition) is 1. The number of halogens is 15. The van der Waals surface area contributed by atoms with E-state index >= 15 is 0 Å². The zero-order valence-electron chi connectivity index (χ0n) is 18.4. The van der Waals surface area contributed by atoms with Crippen molar-refractivity contribution in [2.24, 2.45) is 0 Å². The zero-order valence-corrected chi connectivity index (χ0v) is 18.4. The third-order valence-corrected chi connectivity index (χ3v) is 5.65. The molecule has 0 spiro atoms. The van der Waals surface area contributed by atoms with Gasteiger partial charge in [0.1, 0.15) is 0 Å². The fourth-order valence-electron chi connectivity index (χ4n) is 3.06. The van der Waals surface area contributed by atoms with E-state index in [1.165, 1.54) is 6.07 Å². The van der Waals surface area contributed by atoms with E-state index in [0.717, 1.165) is 18.2 Å². The highest BCUT2D eigenvalue weighted by Crippen LogP contribution is 2.63. The maximum Gasteiger partial charge on any atom is 0.460 e. The van der Waals surface area contributed by atoms with Crippen LogP contribution in [-0.4, -0.2) is 46.8 Å². The molecule has 0 aliphatic heterocycles. The molecule has 210 valence electrons. The van der Waals surface area contributed by atoms with E-state index in [1.807, 2.05) is 0 Å². The van der Waals surface area contributed by atoms with Crippen LogP contribution in [0.1, 0.15) is 50.7 Å². The molecule has 0 aliphatic carbocycles. The van der Waals surface area contributed by atoms with E-state index in [0.29, 0.717) is 18.9 Å². The fraction of sp³-hybridized carbons (Fsp3) is 0.700. The second kappa shape index (κ2) is 9.15. The van der Waals surface area contributed by atoms with Crippen LogP contribution in [0.4, 0.5) is 65.9 Å². The Morgan fingerprint density at radius 1 is 0.694 bits per heavy atom. The highest BCUT2D eigenvalue weighted by atomic mass is 19.4. The maximum atomic E-state index is 14.3. The second-order valence-electron chi connectivity index (χ2n) is 8.46. The first-order valence-corrected chi connectivity index (χ1v) is 9.82. The lowest BCUT2D eigenvalue weighted by Crippen LogP contribution is -2.72. The van der Waals surface area contributed by atoms with Crippen LogP contribution in [0.3, 0.4) is 0 Å². The molecule has 1 aromatic carbocycles. The van der Waals surface area contributed by atoms with Crippen LogP contribution < -0.4 is 0 Å². The van der Waals surface area contributed by atoms with E-state index in [4.69, 9.17) is 0 Å². The third kappa shape index (κ3) is 4.85. The fourth-order valence-corrected chi connectivity index (χ4v) is 3.06. The first kappa shape index (κ1) is 32.2. The Labute approximate surface area is 194 Å². The summed E-state index contributed by atoms with van der Waals surface area (Å²) in [5.41, 5.74) is -3.52. The second-order valence-corrected chi connectivity index (χ2v) is 8.46. The summed E-state index contributed by atoms with van der Waals surface area (Å²) in [5, 5.41) is 10.3. The lowest BCUT2D eigenvalue weighted by Gasteiger charge is -2.42. The van der Waals surface area contributed by atoms with Gasteiger partial charge in [-0.3, -0.25) is 0 Å². The zero-order chi connectivity index (χ0) is 29.0. The standard InChI is InChI=1S/C20H19F15O/c1-4-10(2)11-6-5-7-12(8-11)13(3,36)9-14(21,22)15(23,24)16(25,26)17(27,28)18(29,30)19(31,32)20(33,34)35/h5-8,10,36H,4,9H2,1-3H3. The van der Waals surface area contributed by atoms with Crippen molar-refractivity contribution in [2.75, 3.05) is 0 Å². The Morgan fingerprint density at radius 3 is 1.53 bits per heavy atom. The molecule has 0 saturated carbocycles. The van der Waals surface area contributed by atoms with Gasteiger partial charge in [0, 0.05) is 0 Å². The first-order valence-electron chi connectivity index (χ1n) is 9.82. The van der Waals surface area contributed by atoms with Crippen LogP contribution in [0.5, 0.6) is 0 Å². The summed E-state index contributed by atoms with van der Waals surface area (Å²) in [6.07, 6.45) is -10.1. The van der Waals surface area contributed by atoms with Gasteiger partial charge < -0.3 is 5.11 Å². The molecular weight excluding hydrogens is 541 g/mol. The SMILES string of the molecule is CCC(C)c1cccc(C(C)(O)CC(F)(F)C(F)(F)C(F)(F)C(F)(F)C(F)(F)C(F)(F)C(F)(F)F)c1. The lowest BCUT2D eigenvalue weighted by molar-refractivity contribution is -0.453. The highest BCUT2D eigenvalue weighted by Gasteiger charge is 2.93. The highest BCUT2D eigenvalue weighted by molar-refractivity contribution is 5.30. The number of aliphatic hydroxyl groups is 1. The summed E-state index contributed by atoms with van der Waals surface area (Å²) in [4.78, 5) is 0. The molecule has 0 radical (unpaired) electrons. The van der Waals surface area contributed by atoms with Gasteiger partial charge in [0.2, 0.25) is 0 Å². The molecule has 0 fully saturated rings. The summed E-state index contributed by atoms with van der Waals surface area (Å²) in [7, 11) is 0. The molecule has 16 heteroatoms. The van der Waals surface area contributed by atoms with Crippen molar-refractivity contribution in [3.63, 3.8) is 0 Å². The van der Waals surface area contributed by atoms with Gasteiger partial charge in [-0.15, -0.1) is 0 Å². The van der Waals surface area contributed by atoms with Gasteiger partial charge in [-0.1, -0.05) is 38.1 Å². The molecule has 0 aromatic heterocycles. The number of benzene rings is 1. The molecule has 1 N–H and O–H groups in total. The van der Waals surface area contributed by atoms with Gasteiger partial charge in [-0.05, 0) is 30.4 Å². The summed E-state index contributed by atoms with van der Waals surface area (Å²) >= 11 is 0. The van der Waals surface area contributed by atoms with Crippen molar-refractivity contribution in [1.29, 1.82) is 0 Å². The lowest BCUT2D eigenvalue weighted by atomic mass is 9.82. The minimum Gasteiger partial charge on any atom is -0.385 e. The van der Waals surface area contributed by atoms with Gasteiger partial charge in [0.15, 0.2) is 0 Å². The minimum absolute atomic E-state index is 0.303. The Bertz CT molecular complexity index is 918. The van der Waals surface area contributed by atoms with Crippen LogP contribution in [0.25, 0.3) is 0 Å². The summed E-state index contributed by atoms with van der Waals surface area (Å²) in [6, 6.07) is 4.36. The smallest absolute Gasteiger partial charge is 0.385 e. The summed E-state index contributed by atoms with van der Waals surface area (Å²) in [6.45, 7) is 3.63. The molecule has 36 heavy (non-hydrogen) atoms. The minimum atomic E-state index is -8.35. The van der Waals surface area contributed by atoms with Gasteiger partial charge in [-0.2, -0.15) is 65.9 Å². The van der Waals surface area contributed by atoms with Crippen LogP contribution >= 0.6 is 0 Å². The summed E-state index contributed by atoms with van der Waals surface area (Å²) in [5.74, 6) is -47.4. The van der Waals surface area contributed by atoms with Crippen molar-refractivity contribution in [2.45, 2.75) is 86.8 Å². The van der Waals surface area contributed by atoms with Gasteiger partial charge >= 0.3 is 41.7 Å². The molecule has 1 nitrogen and oxygen atoms in total. The predicted molar refractivity (Wildman–Crippen MR) is 95.1 cm³/mol. The van der Waals surface area contributed by atoms with Crippen molar-refractivity contribution < 1.29 is 71.0 Å². The molecule has 0 aliphatic rings. The third-order valence-electron chi connectivity index (χ3n) is 5.65. The van der Waals surface area contributed by atoms with Crippen molar-refractivity contribution in [3.8, 4) is 0 Å². The van der Waals surface area contributed by atoms with Crippen LogP contribution in [-0.2, 0) is 5.60 Å². The number of rotatable bonds is 10. The van der Waals surface area contributed by atoms with E-state index in [9.17, 15) is 71.0 Å². The van der Waals surface area contributed by atoms with Gasteiger partial charge in [-0.25, -0.2) is 0 Å². The quantitative estimate of drug-likeness (QED) is 0.286. The van der Waals surface area contributed by atoms with E-state index in [-0.39, 0.29) is 5.92 Å². The topological polar surface area (TPSA) is 20.2 Å². The molecule has 0 bridgehead atoms. The van der Waals surface area contributed by atoms with Crippen LogP contribution in [0.15, 0.2) is 24.3 Å². The molecular formula is C20H19F15O.